The topological polar surface area (TPSA) is 12.0 Å². The molecule has 1 nitrogen and oxygen atoms in total. The standard InChI is InChI=1S/C19H27N/c1-14-10-15(2)12-16(11-14)13-20-19-9-5-7-17-6-3-4-8-18(17)19/h5,7,9-10,14,16,20H,3-4,6,8,11-13H2,1-2H3. The van der Waals surface area contributed by atoms with Crippen LogP contribution in [-0.2, 0) is 12.8 Å². The first-order chi connectivity index (χ1) is 9.72. The van der Waals surface area contributed by atoms with E-state index in [2.05, 4.69) is 43.4 Å². The van der Waals surface area contributed by atoms with Crippen molar-refractivity contribution in [3.63, 3.8) is 0 Å². The van der Waals surface area contributed by atoms with Crippen molar-refractivity contribution in [1.29, 1.82) is 0 Å². The number of nitrogens with one attached hydrogen (secondary N) is 1. The van der Waals surface area contributed by atoms with E-state index in [4.69, 9.17) is 0 Å². The largest absolute Gasteiger partial charge is 0.385 e. The smallest absolute Gasteiger partial charge is 0.0375 e. The average Bonchev–Trinajstić information content (AvgIpc) is 2.44. The molecular formula is C19H27N. The van der Waals surface area contributed by atoms with Crippen LogP contribution in [0.4, 0.5) is 5.69 Å². The maximum absolute atomic E-state index is 3.76. The number of allylic oxidation sites excluding steroid dienone is 2. The molecule has 1 N–H and O–H groups in total. The zero-order valence-electron chi connectivity index (χ0n) is 12.9. The number of hydrogen-bond acceptors (Lipinski definition) is 1. The third-order valence-electron chi connectivity index (χ3n) is 4.86. The van der Waals surface area contributed by atoms with E-state index in [0.717, 1.165) is 18.4 Å². The van der Waals surface area contributed by atoms with E-state index in [-0.39, 0.29) is 0 Å². The molecule has 0 spiro atoms. The minimum absolute atomic E-state index is 0.750. The molecule has 0 radical (unpaired) electrons. The summed E-state index contributed by atoms with van der Waals surface area (Å²) in [5.74, 6) is 1.55. The lowest BCUT2D eigenvalue weighted by Crippen LogP contribution is -2.21. The van der Waals surface area contributed by atoms with Crippen molar-refractivity contribution in [2.24, 2.45) is 11.8 Å². The number of anilines is 1. The summed E-state index contributed by atoms with van der Waals surface area (Å²) in [7, 11) is 0. The highest BCUT2D eigenvalue weighted by atomic mass is 14.9. The van der Waals surface area contributed by atoms with Gasteiger partial charge in [0.1, 0.15) is 0 Å². The van der Waals surface area contributed by atoms with Gasteiger partial charge in [0.2, 0.25) is 0 Å². The Bertz CT molecular complexity index is 500. The van der Waals surface area contributed by atoms with Crippen molar-refractivity contribution in [3.8, 4) is 0 Å². The van der Waals surface area contributed by atoms with Gasteiger partial charge in [-0.25, -0.2) is 0 Å². The molecule has 1 heteroatoms. The quantitative estimate of drug-likeness (QED) is 0.764. The van der Waals surface area contributed by atoms with E-state index in [1.807, 2.05) is 0 Å². The van der Waals surface area contributed by atoms with Crippen LogP contribution in [-0.4, -0.2) is 6.54 Å². The van der Waals surface area contributed by atoms with E-state index >= 15 is 0 Å². The molecule has 0 fully saturated rings. The van der Waals surface area contributed by atoms with Gasteiger partial charge in [-0.15, -0.1) is 0 Å². The Kier molecular flexibility index (Phi) is 4.14. The van der Waals surface area contributed by atoms with Crippen LogP contribution in [0.2, 0.25) is 0 Å². The molecule has 2 aliphatic carbocycles. The maximum atomic E-state index is 3.76. The van der Waals surface area contributed by atoms with Crippen LogP contribution >= 0.6 is 0 Å². The lowest BCUT2D eigenvalue weighted by atomic mass is 9.83. The fraction of sp³-hybridized carbons (Fsp3) is 0.579. The van der Waals surface area contributed by atoms with E-state index in [1.165, 1.54) is 44.2 Å². The molecule has 0 saturated carbocycles. The van der Waals surface area contributed by atoms with Crippen molar-refractivity contribution in [1.82, 2.24) is 0 Å². The molecule has 1 aromatic rings. The van der Waals surface area contributed by atoms with Crippen molar-refractivity contribution in [2.75, 3.05) is 11.9 Å². The molecule has 0 heterocycles. The molecule has 108 valence electrons. The summed E-state index contributed by atoms with van der Waals surface area (Å²) in [6, 6.07) is 6.81. The molecule has 0 bridgehead atoms. The molecule has 0 aliphatic heterocycles. The highest BCUT2D eigenvalue weighted by Crippen LogP contribution is 2.31. The van der Waals surface area contributed by atoms with Crippen molar-refractivity contribution >= 4 is 5.69 Å². The Balaban J connectivity index is 1.66. The summed E-state index contributed by atoms with van der Waals surface area (Å²) in [5.41, 5.74) is 6.15. The van der Waals surface area contributed by atoms with E-state index < -0.39 is 0 Å². The van der Waals surface area contributed by atoms with Crippen LogP contribution in [0.5, 0.6) is 0 Å². The molecule has 0 amide bonds. The van der Waals surface area contributed by atoms with Crippen molar-refractivity contribution in [3.05, 3.63) is 41.0 Å². The SMILES string of the molecule is CC1=CC(C)CC(CNc2cccc3c2CCCC3)C1. The van der Waals surface area contributed by atoms with Gasteiger partial charge < -0.3 is 5.32 Å². The monoisotopic (exact) mass is 269 g/mol. The first-order valence-electron chi connectivity index (χ1n) is 8.24. The Labute approximate surface area is 123 Å². The molecule has 2 aliphatic rings. The first kappa shape index (κ1) is 13.7. The van der Waals surface area contributed by atoms with Crippen molar-refractivity contribution < 1.29 is 0 Å². The zero-order valence-corrected chi connectivity index (χ0v) is 12.9. The Hall–Kier alpha value is -1.24. The molecule has 3 rings (SSSR count). The van der Waals surface area contributed by atoms with Crippen LogP contribution in [0.25, 0.3) is 0 Å². The predicted molar refractivity (Wildman–Crippen MR) is 87.2 cm³/mol. The van der Waals surface area contributed by atoms with Gasteiger partial charge >= 0.3 is 0 Å². The molecular weight excluding hydrogens is 242 g/mol. The lowest BCUT2D eigenvalue weighted by molar-refractivity contribution is 0.421. The normalized spacial score (nSPS) is 25.8. The third-order valence-corrected chi connectivity index (χ3v) is 4.86. The van der Waals surface area contributed by atoms with Gasteiger partial charge in [0, 0.05) is 12.2 Å². The molecule has 2 atom stereocenters. The molecule has 0 saturated heterocycles. The Morgan fingerprint density at radius 2 is 2.05 bits per heavy atom. The summed E-state index contributed by atoms with van der Waals surface area (Å²) in [4.78, 5) is 0. The van der Waals surface area contributed by atoms with Crippen LogP contribution in [0.3, 0.4) is 0 Å². The summed E-state index contributed by atoms with van der Waals surface area (Å²) < 4.78 is 0. The van der Waals surface area contributed by atoms with Gasteiger partial charge in [0.05, 0.1) is 0 Å². The zero-order chi connectivity index (χ0) is 13.9. The second-order valence-corrected chi connectivity index (χ2v) is 6.83. The number of aryl methyl sites for hydroxylation is 1. The maximum Gasteiger partial charge on any atom is 0.0375 e. The van der Waals surface area contributed by atoms with E-state index in [0.29, 0.717) is 0 Å². The van der Waals surface area contributed by atoms with Gasteiger partial charge in [0.25, 0.3) is 0 Å². The minimum atomic E-state index is 0.750. The average molecular weight is 269 g/mol. The second kappa shape index (κ2) is 6.03. The van der Waals surface area contributed by atoms with Gasteiger partial charge in [-0.3, -0.25) is 0 Å². The van der Waals surface area contributed by atoms with E-state index in [1.54, 1.807) is 16.7 Å². The third kappa shape index (κ3) is 3.08. The number of rotatable bonds is 3. The number of fused-ring (bicyclic) bond motifs is 1. The van der Waals surface area contributed by atoms with Crippen LogP contribution < -0.4 is 5.32 Å². The highest BCUT2D eigenvalue weighted by Gasteiger charge is 2.19. The lowest BCUT2D eigenvalue weighted by Gasteiger charge is -2.27. The molecule has 2 unspecified atom stereocenters. The van der Waals surface area contributed by atoms with Gasteiger partial charge in [-0.2, -0.15) is 0 Å². The van der Waals surface area contributed by atoms with Gasteiger partial charge in [-0.1, -0.05) is 30.7 Å². The predicted octanol–water partition coefficient (Wildman–Crippen LogP) is 4.97. The summed E-state index contributed by atoms with van der Waals surface area (Å²) in [5, 5.41) is 3.76. The Morgan fingerprint density at radius 3 is 2.90 bits per heavy atom. The van der Waals surface area contributed by atoms with Crippen LogP contribution in [0.15, 0.2) is 29.8 Å². The molecule has 1 aromatic carbocycles. The number of benzene rings is 1. The van der Waals surface area contributed by atoms with Gasteiger partial charge in [-0.05, 0) is 74.5 Å². The minimum Gasteiger partial charge on any atom is -0.385 e. The Morgan fingerprint density at radius 1 is 1.20 bits per heavy atom. The molecule has 20 heavy (non-hydrogen) atoms. The summed E-state index contributed by atoms with van der Waals surface area (Å²) >= 11 is 0. The summed E-state index contributed by atoms with van der Waals surface area (Å²) in [6.45, 7) is 5.76. The van der Waals surface area contributed by atoms with E-state index in [9.17, 15) is 0 Å². The fourth-order valence-corrected chi connectivity index (χ4v) is 4.04. The second-order valence-electron chi connectivity index (χ2n) is 6.83. The highest BCUT2D eigenvalue weighted by molar-refractivity contribution is 5.55. The van der Waals surface area contributed by atoms with Crippen molar-refractivity contribution in [2.45, 2.75) is 52.4 Å². The summed E-state index contributed by atoms with van der Waals surface area (Å²) in [6.07, 6.45) is 10.3. The van der Waals surface area contributed by atoms with Crippen LogP contribution in [0, 0.1) is 11.8 Å². The first-order valence-corrected chi connectivity index (χ1v) is 8.24. The number of hydrogen-bond donors (Lipinski definition) is 1. The van der Waals surface area contributed by atoms with Crippen LogP contribution in [0.1, 0.15) is 50.7 Å². The molecule has 0 aromatic heterocycles. The van der Waals surface area contributed by atoms with Gasteiger partial charge in [0.15, 0.2) is 0 Å². The fourth-order valence-electron chi connectivity index (χ4n) is 4.04.